The van der Waals surface area contributed by atoms with Crippen molar-refractivity contribution >= 4 is 34.8 Å². The number of hydrogen-bond acceptors (Lipinski definition) is 5. The summed E-state index contributed by atoms with van der Waals surface area (Å²) in [5.74, 6) is -0.223. The Morgan fingerprint density at radius 3 is 2.73 bits per heavy atom. The molecule has 2 aromatic rings. The molecular formula is C17H21N5O3S. The lowest BCUT2D eigenvalue weighted by Gasteiger charge is -2.20. The van der Waals surface area contributed by atoms with Crippen LogP contribution in [0.15, 0.2) is 35.3 Å². The number of thiazole rings is 1. The largest absolute Gasteiger partial charge is 0.483 e. The molecule has 1 aliphatic carbocycles. The number of hydrogen-bond donors (Lipinski definition) is 4. The van der Waals surface area contributed by atoms with Crippen molar-refractivity contribution in [2.45, 2.75) is 31.7 Å². The van der Waals surface area contributed by atoms with E-state index in [1.165, 1.54) is 11.3 Å². The average Bonchev–Trinajstić information content (AvgIpc) is 3.02. The number of aromatic nitrogens is 1. The molecule has 0 saturated carbocycles. The molecule has 138 valence electrons. The van der Waals surface area contributed by atoms with E-state index < -0.39 is 0 Å². The van der Waals surface area contributed by atoms with Gasteiger partial charge in [-0.2, -0.15) is 4.99 Å². The number of nitrogens with two attached hydrogens (primary N) is 2. The first-order chi connectivity index (χ1) is 12.5. The van der Waals surface area contributed by atoms with E-state index in [0.29, 0.717) is 11.7 Å². The quantitative estimate of drug-likeness (QED) is 0.362. The zero-order chi connectivity index (χ0) is 18.9. The van der Waals surface area contributed by atoms with Gasteiger partial charge in [0.05, 0.1) is 11.6 Å². The van der Waals surface area contributed by atoms with Crippen LogP contribution in [-0.4, -0.2) is 28.4 Å². The fourth-order valence-corrected chi connectivity index (χ4v) is 3.78. The van der Waals surface area contributed by atoms with Gasteiger partial charge in [-0.3, -0.25) is 9.59 Å². The maximum atomic E-state index is 12.5. The summed E-state index contributed by atoms with van der Waals surface area (Å²) >= 11 is 1.46. The van der Waals surface area contributed by atoms with Crippen LogP contribution in [0.5, 0.6) is 0 Å². The number of carbonyl (C=O) groups excluding carboxylic acids is 1. The summed E-state index contributed by atoms with van der Waals surface area (Å²) in [5.41, 5.74) is 12.7. The van der Waals surface area contributed by atoms with Crippen molar-refractivity contribution in [2.75, 3.05) is 0 Å². The van der Waals surface area contributed by atoms with Crippen molar-refractivity contribution in [3.05, 3.63) is 46.5 Å². The predicted molar refractivity (Wildman–Crippen MR) is 100 cm³/mol. The van der Waals surface area contributed by atoms with Crippen LogP contribution in [-0.2, 0) is 22.6 Å². The SMILES string of the molecule is NC(N)=Nc1nc2c(s1)CCC[C@@H]2C(=O)NCc1ccccc1.O=CO. The Labute approximate surface area is 155 Å². The number of aliphatic imine (C=N–C) groups is 1. The number of carbonyl (C=O) groups is 2. The summed E-state index contributed by atoms with van der Waals surface area (Å²) in [7, 11) is 0. The number of guanidine groups is 1. The van der Waals surface area contributed by atoms with Crippen molar-refractivity contribution in [2.24, 2.45) is 16.5 Å². The van der Waals surface area contributed by atoms with Crippen LogP contribution < -0.4 is 16.8 Å². The van der Waals surface area contributed by atoms with Crippen molar-refractivity contribution in [3.63, 3.8) is 0 Å². The maximum absolute atomic E-state index is 12.5. The highest BCUT2D eigenvalue weighted by Crippen LogP contribution is 2.37. The molecule has 0 spiro atoms. The molecule has 1 aromatic heterocycles. The smallest absolute Gasteiger partial charge is 0.290 e. The van der Waals surface area contributed by atoms with Crippen molar-refractivity contribution in [1.29, 1.82) is 0 Å². The molecule has 1 aliphatic rings. The van der Waals surface area contributed by atoms with Gasteiger partial charge in [-0.25, -0.2) is 4.98 Å². The molecule has 1 atom stereocenters. The summed E-state index contributed by atoms with van der Waals surface area (Å²) in [4.78, 5) is 30.5. The fourth-order valence-electron chi connectivity index (χ4n) is 2.73. The minimum Gasteiger partial charge on any atom is -0.483 e. The first kappa shape index (κ1) is 19.4. The average molecular weight is 375 g/mol. The zero-order valence-corrected chi connectivity index (χ0v) is 14.9. The van der Waals surface area contributed by atoms with Crippen molar-refractivity contribution < 1.29 is 14.7 Å². The van der Waals surface area contributed by atoms with Crippen LogP contribution in [0.4, 0.5) is 5.13 Å². The molecular weight excluding hydrogens is 354 g/mol. The number of carboxylic acid groups (broad SMARTS) is 1. The molecule has 0 unspecified atom stereocenters. The standard InChI is InChI=1S/C16H19N5OS.CH2O2/c17-15(18)21-16-20-13-11(7-4-8-12(13)23-16)14(22)19-9-10-5-2-1-3-6-10;2-1-3/h1-3,5-6,11H,4,7-9H2,(H,19,22)(H4,17,18,20,21);1H,(H,2,3)/t11-;/m0./s1. The van der Waals surface area contributed by atoms with Crippen LogP contribution in [0.25, 0.3) is 0 Å². The highest BCUT2D eigenvalue weighted by molar-refractivity contribution is 7.15. The van der Waals surface area contributed by atoms with Gasteiger partial charge in [0.25, 0.3) is 6.47 Å². The van der Waals surface area contributed by atoms with Gasteiger partial charge in [0, 0.05) is 11.4 Å². The molecule has 0 bridgehead atoms. The van der Waals surface area contributed by atoms with E-state index in [-0.39, 0.29) is 24.3 Å². The Bertz CT molecular complexity index is 772. The first-order valence-electron chi connectivity index (χ1n) is 8.03. The molecule has 3 rings (SSSR count). The second-order valence-electron chi connectivity index (χ2n) is 5.60. The monoisotopic (exact) mass is 375 g/mol. The van der Waals surface area contributed by atoms with Gasteiger partial charge >= 0.3 is 0 Å². The molecule has 0 fully saturated rings. The van der Waals surface area contributed by atoms with Crippen LogP contribution >= 0.6 is 11.3 Å². The van der Waals surface area contributed by atoms with Gasteiger partial charge in [0.2, 0.25) is 11.0 Å². The molecule has 1 amide bonds. The summed E-state index contributed by atoms with van der Waals surface area (Å²) < 4.78 is 0. The third-order valence-electron chi connectivity index (χ3n) is 3.79. The van der Waals surface area contributed by atoms with Crippen LogP contribution in [0.1, 0.15) is 34.9 Å². The second-order valence-corrected chi connectivity index (χ2v) is 6.66. The van der Waals surface area contributed by atoms with Gasteiger partial charge in [-0.1, -0.05) is 41.7 Å². The lowest BCUT2D eigenvalue weighted by atomic mass is 9.90. The number of rotatable bonds is 4. The van der Waals surface area contributed by atoms with E-state index >= 15 is 0 Å². The molecule has 8 nitrogen and oxygen atoms in total. The number of benzene rings is 1. The molecule has 1 aromatic carbocycles. The first-order valence-corrected chi connectivity index (χ1v) is 8.85. The third kappa shape index (κ3) is 5.28. The van der Waals surface area contributed by atoms with Crippen LogP contribution in [0, 0.1) is 0 Å². The van der Waals surface area contributed by atoms with Gasteiger partial charge in [0.15, 0.2) is 5.96 Å². The Kier molecular flexibility index (Phi) is 7.10. The van der Waals surface area contributed by atoms with Crippen molar-refractivity contribution in [3.8, 4) is 0 Å². The Morgan fingerprint density at radius 2 is 2.08 bits per heavy atom. The molecule has 9 heteroatoms. The van der Waals surface area contributed by atoms with Crippen LogP contribution in [0.2, 0.25) is 0 Å². The van der Waals surface area contributed by atoms with Gasteiger partial charge < -0.3 is 21.9 Å². The predicted octanol–water partition coefficient (Wildman–Crippen LogP) is 1.49. The van der Waals surface area contributed by atoms with Crippen LogP contribution in [0.3, 0.4) is 0 Å². The highest BCUT2D eigenvalue weighted by Gasteiger charge is 2.30. The Balaban J connectivity index is 0.000000758. The minimum atomic E-state index is -0.250. The van der Waals surface area contributed by atoms with Gasteiger partial charge in [0.1, 0.15) is 0 Å². The number of nitrogens with one attached hydrogen (secondary N) is 1. The van der Waals surface area contributed by atoms with E-state index in [9.17, 15) is 4.79 Å². The topological polar surface area (TPSA) is 144 Å². The van der Waals surface area contributed by atoms with Gasteiger partial charge in [-0.15, -0.1) is 0 Å². The van der Waals surface area contributed by atoms with E-state index in [1.54, 1.807) is 0 Å². The number of aryl methyl sites for hydroxylation is 1. The third-order valence-corrected chi connectivity index (χ3v) is 4.82. The molecule has 1 heterocycles. The van der Waals surface area contributed by atoms with E-state index in [2.05, 4.69) is 15.3 Å². The van der Waals surface area contributed by atoms with Gasteiger partial charge in [-0.05, 0) is 24.8 Å². The second kappa shape index (κ2) is 9.52. The summed E-state index contributed by atoms with van der Waals surface area (Å²) in [6.45, 7) is 0.274. The normalized spacial score (nSPS) is 15.0. The van der Waals surface area contributed by atoms with E-state index in [0.717, 1.165) is 35.4 Å². The molecule has 26 heavy (non-hydrogen) atoms. The maximum Gasteiger partial charge on any atom is 0.290 e. The van der Waals surface area contributed by atoms with E-state index in [4.69, 9.17) is 21.4 Å². The molecule has 0 aliphatic heterocycles. The number of amides is 1. The number of nitrogens with zero attached hydrogens (tertiary/aromatic N) is 2. The summed E-state index contributed by atoms with van der Waals surface area (Å²) in [5, 5.41) is 10.4. The summed E-state index contributed by atoms with van der Waals surface area (Å²) in [6, 6.07) is 9.86. The molecule has 0 saturated heterocycles. The molecule has 0 radical (unpaired) electrons. The van der Waals surface area contributed by atoms with Crippen molar-refractivity contribution in [1.82, 2.24) is 10.3 Å². The number of fused-ring (bicyclic) bond motifs is 1. The molecule has 6 N–H and O–H groups in total. The Hall–Kier alpha value is -2.94. The highest BCUT2D eigenvalue weighted by atomic mass is 32.1. The Morgan fingerprint density at radius 1 is 1.38 bits per heavy atom. The van der Waals surface area contributed by atoms with E-state index in [1.807, 2.05) is 30.3 Å². The minimum absolute atomic E-state index is 0.0105. The lowest BCUT2D eigenvalue weighted by Crippen LogP contribution is -2.31. The lowest BCUT2D eigenvalue weighted by molar-refractivity contribution is -0.123. The summed E-state index contributed by atoms with van der Waals surface area (Å²) in [6.07, 6.45) is 2.70. The zero-order valence-electron chi connectivity index (χ0n) is 14.1. The fraction of sp³-hybridized carbons (Fsp3) is 0.294.